The first-order chi connectivity index (χ1) is 13.0. The molecular weight excluding hydrogens is 362 g/mol. The van der Waals surface area contributed by atoms with Crippen LogP contribution in [-0.4, -0.2) is 51.3 Å². The number of amides is 1. The summed E-state index contributed by atoms with van der Waals surface area (Å²) in [6, 6.07) is 5.62. The topological polar surface area (TPSA) is 56.1 Å². The van der Waals surface area contributed by atoms with E-state index in [4.69, 9.17) is 14.5 Å². The molecule has 0 aliphatic carbocycles. The van der Waals surface area contributed by atoms with Gasteiger partial charge >= 0.3 is 0 Å². The van der Waals surface area contributed by atoms with Crippen molar-refractivity contribution in [3.8, 4) is 22.8 Å². The van der Waals surface area contributed by atoms with Crippen LogP contribution in [0.2, 0.25) is 0 Å². The van der Waals surface area contributed by atoms with E-state index in [-0.39, 0.29) is 5.91 Å². The number of methoxy groups -OCH3 is 2. The first-order valence-corrected chi connectivity index (χ1v) is 10.2. The van der Waals surface area contributed by atoms with Crippen LogP contribution in [0.25, 0.3) is 11.3 Å². The second-order valence-corrected chi connectivity index (χ2v) is 7.15. The monoisotopic (exact) mass is 392 g/mol. The molecule has 1 aromatic heterocycles. The lowest BCUT2D eigenvalue weighted by atomic mass is 10.1. The molecule has 0 aliphatic heterocycles. The quantitative estimate of drug-likeness (QED) is 0.675. The third-order valence-electron chi connectivity index (χ3n) is 4.70. The fourth-order valence-corrected chi connectivity index (χ4v) is 3.90. The van der Waals surface area contributed by atoms with Crippen molar-refractivity contribution >= 4 is 22.4 Å². The van der Waals surface area contributed by atoms with E-state index in [0.29, 0.717) is 6.54 Å². The fourth-order valence-electron chi connectivity index (χ4n) is 3.00. The third-order valence-corrected chi connectivity index (χ3v) is 5.56. The summed E-state index contributed by atoms with van der Waals surface area (Å²) < 4.78 is 10.8. The molecule has 0 saturated carbocycles. The van der Waals surface area contributed by atoms with Gasteiger partial charge in [0.2, 0.25) is 5.91 Å². The lowest BCUT2D eigenvalue weighted by Crippen LogP contribution is -3.11. The van der Waals surface area contributed by atoms with E-state index in [0.717, 1.165) is 53.9 Å². The molecule has 0 radical (unpaired) electrons. The molecular formula is C20H30N3O3S+. The number of thiazole rings is 1. The van der Waals surface area contributed by atoms with E-state index in [1.807, 2.05) is 23.6 Å². The largest absolute Gasteiger partial charge is 0.497 e. The average Bonchev–Trinajstić information content (AvgIpc) is 3.16. The fraction of sp³-hybridized carbons (Fsp3) is 0.500. The molecule has 0 aliphatic rings. The summed E-state index contributed by atoms with van der Waals surface area (Å²) in [6.45, 7) is 9.92. The Balaban J connectivity index is 2.19. The predicted octanol–water partition coefficient (Wildman–Crippen LogP) is 2.50. The van der Waals surface area contributed by atoms with Crippen LogP contribution in [-0.2, 0) is 4.79 Å². The summed E-state index contributed by atoms with van der Waals surface area (Å²) >= 11 is 1.47. The van der Waals surface area contributed by atoms with E-state index < -0.39 is 0 Å². The number of benzene rings is 1. The summed E-state index contributed by atoms with van der Waals surface area (Å²) in [6.07, 6.45) is 0.952. The molecule has 0 spiro atoms. The van der Waals surface area contributed by atoms with Gasteiger partial charge in [-0.25, -0.2) is 4.98 Å². The number of carbonyl (C=O) groups excluding carboxylic acids is 1. The summed E-state index contributed by atoms with van der Waals surface area (Å²) in [5.74, 6) is 1.49. The van der Waals surface area contributed by atoms with E-state index >= 15 is 0 Å². The van der Waals surface area contributed by atoms with E-state index in [2.05, 4.69) is 13.8 Å². The highest BCUT2D eigenvalue weighted by molar-refractivity contribution is 7.14. The number of carbonyl (C=O) groups is 1. The molecule has 1 N–H and O–H groups in total. The van der Waals surface area contributed by atoms with Crippen molar-refractivity contribution < 1.29 is 19.2 Å². The summed E-state index contributed by atoms with van der Waals surface area (Å²) in [5, 5.41) is 2.68. The van der Waals surface area contributed by atoms with Gasteiger partial charge < -0.3 is 14.4 Å². The Hall–Kier alpha value is -2.12. The highest BCUT2D eigenvalue weighted by Crippen LogP contribution is 2.35. The number of nitrogens with one attached hydrogen (secondary N) is 1. The normalized spacial score (nSPS) is 10.9. The minimum Gasteiger partial charge on any atom is -0.497 e. The molecule has 1 heterocycles. The zero-order valence-electron chi connectivity index (χ0n) is 16.9. The van der Waals surface area contributed by atoms with Gasteiger partial charge in [-0.05, 0) is 32.0 Å². The minimum absolute atomic E-state index is 0.0167. The predicted molar refractivity (Wildman–Crippen MR) is 110 cm³/mol. The van der Waals surface area contributed by atoms with Gasteiger partial charge in [0.15, 0.2) is 5.13 Å². The first-order valence-electron chi connectivity index (χ1n) is 9.33. The molecule has 0 bridgehead atoms. The molecule has 0 atom stereocenters. The first kappa shape index (κ1) is 21.2. The van der Waals surface area contributed by atoms with Crippen LogP contribution < -0.4 is 19.3 Å². The molecule has 1 aromatic carbocycles. The second kappa shape index (κ2) is 10.3. The van der Waals surface area contributed by atoms with Gasteiger partial charge in [-0.15, -0.1) is 11.3 Å². The summed E-state index contributed by atoms with van der Waals surface area (Å²) in [4.78, 5) is 20.2. The second-order valence-electron chi connectivity index (χ2n) is 6.31. The number of aromatic nitrogens is 1. The lowest BCUT2D eigenvalue weighted by molar-refractivity contribution is -0.896. The molecule has 148 valence electrons. The molecule has 0 saturated heterocycles. The maximum atomic E-state index is 12.2. The molecule has 27 heavy (non-hydrogen) atoms. The SMILES string of the molecule is CC[NH+](CC)CCCN(C(C)=O)c1nc(-c2cc(OC)ccc2OC)cs1. The zero-order valence-corrected chi connectivity index (χ0v) is 17.7. The van der Waals surface area contributed by atoms with E-state index in [1.54, 1.807) is 30.9 Å². The van der Waals surface area contributed by atoms with Gasteiger partial charge in [0, 0.05) is 30.8 Å². The third kappa shape index (κ3) is 5.43. The van der Waals surface area contributed by atoms with Crippen molar-refractivity contribution in [1.29, 1.82) is 0 Å². The number of hydrogen-bond acceptors (Lipinski definition) is 5. The number of anilines is 1. The van der Waals surface area contributed by atoms with Gasteiger partial charge in [-0.1, -0.05) is 0 Å². The Morgan fingerprint density at radius 1 is 1.22 bits per heavy atom. The van der Waals surface area contributed by atoms with Crippen molar-refractivity contribution in [1.82, 2.24) is 4.98 Å². The highest BCUT2D eigenvalue weighted by atomic mass is 32.1. The number of rotatable bonds is 10. The van der Waals surface area contributed by atoms with Gasteiger partial charge in [0.1, 0.15) is 11.5 Å². The Bertz CT molecular complexity index is 744. The highest BCUT2D eigenvalue weighted by Gasteiger charge is 2.18. The molecule has 0 fully saturated rings. The number of nitrogens with zero attached hydrogens (tertiary/aromatic N) is 2. The lowest BCUT2D eigenvalue weighted by Gasteiger charge is -2.20. The Kier molecular flexibility index (Phi) is 8.06. The minimum atomic E-state index is 0.0167. The average molecular weight is 393 g/mol. The van der Waals surface area contributed by atoms with Crippen LogP contribution in [0, 0.1) is 0 Å². The molecule has 6 nitrogen and oxygen atoms in total. The van der Waals surface area contributed by atoms with Crippen molar-refractivity contribution in [3.63, 3.8) is 0 Å². The summed E-state index contributed by atoms with van der Waals surface area (Å²) in [7, 11) is 3.27. The number of quaternary nitrogens is 1. The van der Waals surface area contributed by atoms with Crippen LogP contribution >= 0.6 is 11.3 Å². The maximum Gasteiger partial charge on any atom is 0.225 e. The van der Waals surface area contributed by atoms with Crippen molar-refractivity contribution in [2.24, 2.45) is 0 Å². The Morgan fingerprint density at radius 3 is 2.56 bits per heavy atom. The molecule has 1 amide bonds. The van der Waals surface area contributed by atoms with Crippen molar-refractivity contribution in [2.45, 2.75) is 27.2 Å². The van der Waals surface area contributed by atoms with Crippen LogP contribution in [0.1, 0.15) is 27.2 Å². The van der Waals surface area contributed by atoms with Gasteiger partial charge in [0.25, 0.3) is 0 Å². The van der Waals surface area contributed by atoms with E-state index in [9.17, 15) is 4.79 Å². The van der Waals surface area contributed by atoms with Gasteiger partial charge in [-0.3, -0.25) is 9.69 Å². The Labute approximate surface area is 165 Å². The van der Waals surface area contributed by atoms with Crippen LogP contribution in [0.4, 0.5) is 5.13 Å². The Morgan fingerprint density at radius 2 is 1.96 bits per heavy atom. The standard InChI is InChI=1S/C20H29N3O3S/c1-6-22(7-2)11-8-12-23(15(3)24)20-21-18(14-27-20)17-13-16(25-4)9-10-19(17)26-5/h9-10,13-14H,6-8,11-12H2,1-5H3/p+1. The van der Waals surface area contributed by atoms with Crippen LogP contribution in [0.15, 0.2) is 23.6 Å². The number of hydrogen-bond donors (Lipinski definition) is 1. The summed E-state index contributed by atoms with van der Waals surface area (Å²) in [5.41, 5.74) is 1.64. The molecule has 2 rings (SSSR count). The maximum absolute atomic E-state index is 12.2. The molecule has 0 unspecified atom stereocenters. The smallest absolute Gasteiger partial charge is 0.225 e. The number of ether oxygens (including phenoxy) is 2. The van der Waals surface area contributed by atoms with Crippen molar-refractivity contribution in [3.05, 3.63) is 23.6 Å². The molecule has 7 heteroatoms. The van der Waals surface area contributed by atoms with E-state index in [1.165, 1.54) is 11.3 Å². The van der Waals surface area contributed by atoms with Crippen LogP contribution in [0.3, 0.4) is 0 Å². The molecule has 2 aromatic rings. The van der Waals surface area contributed by atoms with Crippen molar-refractivity contribution in [2.75, 3.05) is 45.3 Å². The zero-order chi connectivity index (χ0) is 19.8. The van der Waals surface area contributed by atoms with Gasteiger partial charge in [0.05, 0.1) is 39.5 Å². The van der Waals surface area contributed by atoms with Crippen LogP contribution in [0.5, 0.6) is 11.5 Å². The van der Waals surface area contributed by atoms with Gasteiger partial charge in [-0.2, -0.15) is 0 Å².